The Bertz CT molecular complexity index is 299. The van der Waals surface area contributed by atoms with Crippen LogP contribution in [0.25, 0.3) is 0 Å². The highest BCUT2D eigenvalue weighted by atomic mass is 35.5. The van der Waals surface area contributed by atoms with Crippen molar-refractivity contribution < 1.29 is 9.84 Å². The van der Waals surface area contributed by atoms with Crippen molar-refractivity contribution >= 4 is 11.6 Å². The van der Waals surface area contributed by atoms with Crippen molar-refractivity contribution in [1.29, 1.82) is 0 Å². The molecule has 4 heteroatoms. The SMILES string of the molecule is OC1(c2ncccc2Cl)COC1. The summed E-state index contributed by atoms with van der Waals surface area (Å²) in [5, 5.41) is 10.3. The molecular weight excluding hydrogens is 178 g/mol. The normalized spacial score (nSPS) is 20.2. The van der Waals surface area contributed by atoms with Crippen LogP contribution in [0.2, 0.25) is 5.02 Å². The average Bonchev–Trinajstić information content (AvgIpc) is 2.01. The number of nitrogens with zero attached hydrogens (tertiary/aromatic N) is 1. The molecule has 2 heterocycles. The first-order chi connectivity index (χ1) is 5.72. The number of aromatic nitrogens is 1. The molecule has 1 aliphatic rings. The van der Waals surface area contributed by atoms with E-state index in [1.165, 1.54) is 0 Å². The van der Waals surface area contributed by atoms with Crippen molar-refractivity contribution in [2.24, 2.45) is 0 Å². The second kappa shape index (κ2) is 2.69. The standard InChI is InChI=1S/C8H8ClNO2/c9-6-2-1-3-10-7(6)8(11)4-12-5-8/h1-3,11H,4-5H2. The second-order valence-electron chi connectivity index (χ2n) is 2.86. The van der Waals surface area contributed by atoms with Crippen LogP contribution in [0, 0.1) is 0 Å². The lowest BCUT2D eigenvalue weighted by Gasteiger charge is -2.35. The van der Waals surface area contributed by atoms with Crippen LogP contribution in [-0.2, 0) is 10.3 Å². The average molecular weight is 186 g/mol. The number of halogens is 1. The largest absolute Gasteiger partial charge is 0.379 e. The van der Waals surface area contributed by atoms with Crippen LogP contribution in [-0.4, -0.2) is 23.3 Å². The van der Waals surface area contributed by atoms with Crippen LogP contribution in [0.4, 0.5) is 0 Å². The molecule has 0 saturated carbocycles. The van der Waals surface area contributed by atoms with Crippen LogP contribution < -0.4 is 0 Å². The first-order valence-corrected chi connectivity index (χ1v) is 4.01. The Hall–Kier alpha value is -0.640. The first kappa shape index (κ1) is 7.98. The molecule has 1 N–H and O–H groups in total. The Balaban J connectivity index is 2.39. The van der Waals surface area contributed by atoms with Gasteiger partial charge in [0.15, 0.2) is 5.60 Å². The number of aliphatic hydroxyl groups is 1. The van der Waals surface area contributed by atoms with Gasteiger partial charge in [0, 0.05) is 6.20 Å². The molecule has 0 aromatic carbocycles. The minimum Gasteiger partial charge on any atom is -0.379 e. The fraction of sp³-hybridized carbons (Fsp3) is 0.375. The zero-order valence-corrected chi connectivity index (χ0v) is 7.08. The Labute approximate surface area is 75.0 Å². The second-order valence-corrected chi connectivity index (χ2v) is 3.27. The molecule has 0 amide bonds. The molecule has 0 aliphatic carbocycles. The van der Waals surface area contributed by atoms with E-state index >= 15 is 0 Å². The summed E-state index contributed by atoms with van der Waals surface area (Å²) in [6.45, 7) is 0.563. The quantitative estimate of drug-likeness (QED) is 0.709. The van der Waals surface area contributed by atoms with Gasteiger partial charge in [0.2, 0.25) is 0 Å². The molecule has 3 nitrogen and oxygen atoms in total. The third-order valence-electron chi connectivity index (χ3n) is 1.88. The predicted molar refractivity (Wildman–Crippen MR) is 44.0 cm³/mol. The van der Waals surface area contributed by atoms with Crippen molar-refractivity contribution in [3.63, 3.8) is 0 Å². The topological polar surface area (TPSA) is 42.4 Å². The lowest BCUT2D eigenvalue weighted by atomic mass is 9.97. The van der Waals surface area contributed by atoms with Gasteiger partial charge < -0.3 is 9.84 Å². The molecule has 1 fully saturated rings. The summed E-state index contributed by atoms with van der Waals surface area (Å²) in [6, 6.07) is 3.44. The number of hydrogen-bond donors (Lipinski definition) is 1. The zero-order chi connectivity index (χ0) is 8.60. The fourth-order valence-electron chi connectivity index (χ4n) is 1.16. The van der Waals surface area contributed by atoms with E-state index in [9.17, 15) is 5.11 Å². The van der Waals surface area contributed by atoms with Crippen LogP contribution >= 0.6 is 11.6 Å². The highest BCUT2D eigenvalue weighted by molar-refractivity contribution is 6.31. The van der Waals surface area contributed by atoms with Gasteiger partial charge in [0.1, 0.15) is 0 Å². The maximum Gasteiger partial charge on any atom is 0.154 e. The molecule has 1 aromatic rings. The van der Waals surface area contributed by atoms with Gasteiger partial charge in [0.05, 0.1) is 23.9 Å². The van der Waals surface area contributed by atoms with Crippen molar-refractivity contribution in [2.75, 3.05) is 13.2 Å². The molecule has 0 spiro atoms. The van der Waals surface area contributed by atoms with Gasteiger partial charge in [-0.25, -0.2) is 0 Å². The summed E-state index contributed by atoms with van der Waals surface area (Å²) >= 11 is 5.84. The summed E-state index contributed by atoms with van der Waals surface area (Å²) in [5.74, 6) is 0. The van der Waals surface area contributed by atoms with E-state index in [0.717, 1.165) is 0 Å². The fourth-order valence-corrected chi connectivity index (χ4v) is 1.46. The van der Waals surface area contributed by atoms with Gasteiger partial charge in [-0.2, -0.15) is 0 Å². The molecule has 64 valence electrons. The minimum absolute atomic E-state index is 0.281. The van der Waals surface area contributed by atoms with E-state index in [-0.39, 0.29) is 13.2 Å². The lowest BCUT2D eigenvalue weighted by molar-refractivity contribution is -0.186. The van der Waals surface area contributed by atoms with Gasteiger partial charge in [-0.1, -0.05) is 11.6 Å². The van der Waals surface area contributed by atoms with E-state index in [4.69, 9.17) is 16.3 Å². The first-order valence-electron chi connectivity index (χ1n) is 3.63. The van der Waals surface area contributed by atoms with Gasteiger partial charge >= 0.3 is 0 Å². The van der Waals surface area contributed by atoms with Gasteiger partial charge in [0.25, 0.3) is 0 Å². The molecule has 1 aromatic heterocycles. The molecule has 1 aliphatic heterocycles. The monoisotopic (exact) mass is 185 g/mol. The van der Waals surface area contributed by atoms with Crippen molar-refractivity contribution in [3.05, 3.63) is 29.0 Å². The van der Waals surface area contributed by atoms with Gasteiger partial charge in [-0.15, -0.1) is 0 Å². The van der Waals surface area contributed by atoms with Crippen LogP contribution in [0.5, 0.6) is 0 Å². The van der Waals surface area contributed by atoms with Crippen LogP contribution in [0.15, 0.2) is 18.3 Å². The Morgan fingerprint density at radius 1 is 1.58 bits per heavy atom. The van der Waals surface area contributed by atoms with Crippen LogP contribution in [0.3, 0.4) is 0 Å². The Morgan fingerprint density at radius 2 is 2.33 bits per heavy atom. The summed E-state index contributed by atoms with van der Waals surface area (Å²) in [7, 11) is 0. The van der Waals surface area contributed by atoms with E-state index < -0.39 is 5.60 Å². The highest BCUT2D eigenvalue weighted by Gasteiger charge is 2.40. The molecule has 12 heavy (non-hydrogen) atoms. The smallest absolute Gasteiger partial charge is 0.154 e. The molecule has 0 atom stereocenters. The summed E-state index contributed by atoms with van der Waals surface area (Å²) in [4.78, 5) is 4.01. The third-order valence-corrected chi connectivity index (χ3v) is 2.19. The Kier molecular flexibility index (Phi) is 1.79. The molecular formula is C8H8ClNO2. The zero-order valence-electron chi connectivity index (χ0n) is 6.33. The molecule has 0 bridgehead atoms. The number of pyridine rings is 1. The summed E-state index contributed by atoms with van der Waals surface area (Å²) in [5.41, 5.74) is -0.448. The Morgan fingerprint density at radius 3 is 2.83 bits per heavy atom. The van der Waals surface area contributed by atoms with Crippen molar-refractivity contribution in [3.8, 4) is 0 Å². The van der Waals surface area contributed by atoms with Crippen molar-refractivity contribution in [2.45, 2.75) is 5.60 Å². The summed E-state index contributed by atoms with van der Waals surface area (Å²) in [6.07, 6.45) is 1.61. The van der Waals surface area contributed by atoms with Crippen LogP contribution in [0.1, 0.15) is 5.69 Å². The molecule has 1 saturated heterocycles. The number of ether oxygens (including phenoxy) is 1. The number of hydrogen-bond acceptors (Lipinski definition) is 3. The van der Waals surface area contributed by atoms with E-state index in [2.05, 4.69) is 4.98 Å². The third kappa shape index (κ3) is 1.10. The maximum absolute atomic E-state index is 9.79. The maximum atomic E-state index is 9.79. The lowest BCUT2D eigenvalue weighted by Crippen LogP contribution is -2.47. The number of rotatable bonds is 1. The molecule has 0 unspecified atom stereocenters. The molecule has 2 rings (SSSR count). The predicted octanol–water partition coefficient (Wildman–Crippen LogP) is 0.953. The highest BCUT2D eigenvalue weighted by Crippen LogP contribution is 2.31. The molecule has 0 radical (unpaired) electrons. The van der Waals surface area contributed by atoms with E-state index in [1.54, 1.807) is 18.3 Å². The van der Waals surface area contributed by atoms with E-state index in [0.29, 0.717) is 10.7 Å². The minimum atomic E-state index is -0.960. The van der Waals surface area contributed by atoms with Gasteiger partial charge in [-0.05, 0) is 12.1 Å². The van der Waals surface area contributed by atoms with E-state index in [1.807, 2.05) is 0 Å². The van der Waals surface area contributed by atoms with Crippen molar-refractivity contribution in [1.82, 2.24) is 4.98 Å². The van der Waals surface area contributed by atoms with Gasteiger partial charge in [-0.3, -0.25) is 4.98 Å². The summed E-state index contributed by atoms with van der Waals surface area (Å²) < 4.78 is 4.90.